The van der Waals surface area contributed by atoms with Crippen LogP contribution in [-0.2, 0) is 0 Å². The number of benzene rings is 2. The van der Waals surface area contributed by atoms with E-state index in [0.29, 0.717) is 0 Å². The molecular formula is C18H20N2O2. The highest BCUT2D eigenvalue weighted by Crippen LogP contribution is 2.20. The summed E-state index contributed by atoms with van der Waals surface area (Å²) < 4.78 is 0. The van der Waals surface area contributed by atoms with E-state index >= 15 is 0 Å². The Bertz CT molecular complexity index is 696. The summed E-state index contributed by atoms with van der Waals surface area (Å²) in [5, 5.41) is 25.8. The highest BCUT2D eigenvalue weighted by Gasteiger charge is 2.20. The first-order valence-electron chi connectivity index (χ1n) is 7.09. The van der Waals surface area contributed by atoms with Crippen molar-refractivity contribution < 1.29 is 10.4 Å². The number of oxime groups is 2. The van der Waals surface area contributed by atoms with Crippen LogP contribution < -0.4 is 0 Å². The average molecular weight is 296 g/mol. The Kier molecular flexibility index (Phi) is 4.61. The van der Waals surface area contributed by atoms with E-state index in [-0.39, 0.29) is 11.4 Å². The van der Waals surface area contributed by atoms with Gasteiger partial charge in [0.25, 0.3) is 0 Å². The monoisotopic (exact) mass is 296 g/mol. The lowest BCUT2D eigenvalue weighted by Crippen LogP contribution is -2.20. The zero-order chi connectivity index (χ0) is 16.3. The van der Waals surface area contributed by atoms with Crippen molar-refractivity contribution in [3.63, 3.8) is 0 Å². The van der Waals surface area contributed by atoms with Gasteiger partial charge in [-0.3, -0.25) is 0 Å². The van der Waals surface area contributed by atoms with Gasteiger partial charge in [0.1, 0.15) is 11.4 Å². The van der Waals surface area contributed by atoms with E-state index in [1.54, 1.807) is 0 Å². The zero-order valence-electron chi connectivity index (χ0n) is 13.3. The van der Waals surface area contributed by atoms with Gasteiger partial charge in [-0.2, -0.15) is 0 Å². The van der Waals surface area contributed by atoms with E-state index in [4.69, 9.17) is 0 Å². The van der Waals surface area contributed by atoms with Crippen molar-refractivity contribution in [3.05, 3.63) is 69.8 Å². The highest BCUT2D eigenvalue weighted by molar-refractivity contribution is 6.53. The largest absolute Gasteiger partial charge is 0.410 e. The summed E-state index contributed by atoms with van der Waals surface area (Å²) in [5.41, 5.74) is 6.15. The first-order valence-corrected chi connectivity index (χ1v) is 7.09. The van der Waals surface area contributed by atoms with E-state index in [1.807, 2.05) is 64.1 Å². The van der Waals surface area contributed by atoms with Crippen molar-refractivity contribution in [2.75, 3.05) is 0 Å². The van der Waals surface area contributed by atoms with Gasteiger partial charge in [-0.25, -0.2) is 0 Å². The molecule has 0 unspecified atom stereocenters. The summed E-state index contributed by atoms with van der Waals surface area (Å²) in [6, 6.07) is 11.5. The van der Waals surface area contributed by atoms with Crippen LogP contribution in [0.1, 0.15) is 33.4 Å². The van der Waals surface area contributed by atoms with Crippen molar-refractivity contribution in [3.8, 4) is 0 Å². The second-order valence-electron chi connectivity index (χ2n) is 5.39. The second kappa shape index (κ2) is 6.43. The van der Waals surface area contributed by atoms with Crippen molar-refractivity contribution in [2.45, 2.75) is 27.7 Å². The van der Waals surface area contributed by atoms with Crippen LogP contribution in [0.3, 0.4) is 0 Å². The first kappa shape index (κ1) is 15.8. The summed E-state index contributed by atoms with van der Waals surface area (Å²) in [5.74, 6) is 0. The Morgan fingerprint density at radius 1 is 0.682 bits per heavy atom. The lowest BCUT2D eigenvalue weighted by Gasteiger charge is -2.14. The predicted molar refractivity (Wildman–Crippen MR) is 88.5 cm³/mol. The van der Waals surface area contributed by atoms with Gasteiger partial charge >= 0.3 is 0 Å². The molecule has 22 heavy (non-hydrogen) atoms. The van der Waals surface area contributed by atoms with E-state index in [0.717, 1.165) is 33.4 Å². The summed E-state index contributed by atoms with van der Waals surface area (Å²) in [6.45, 7) is 7.88. The van der Waals surface area contributed by atoms with Gasteiger partial charge < -0.3 is 10.4 Å². The third-order valence-electron chi connectivity index (χ3n) is 4.14. The number of nitrogens with zero attached hydrogens (tertiary/aromatic N) is 2. The highest BCUT2D eigenvalue weighted by atomic mass is 16.4. The molecule has 114 valence electrons. The van der Waals surface area contributed by atoms with Crippen LogP contribution in [0.25, 0.3) is 0 Å². The first-order chi connectivity index (χ1) is 10.5. The van der Waals surface area contributed by atoms with Crippen LogP contribution in [0, 0.1) is 27.7 Å². The SMILES string of the molecule is Cc1cccc(C(=NO)C(=NO)c2cccc(C)c2C)c1C. The zero-order valence-corrected chi connectivity index (χ0v) is 13.3. The molecular weight excluding hydrogens is 276 g/mol. The van der Waals surface area contributed by atoms with Crippen LogP contribution in [0.5, 0.6) is 0 Å². The molecule has 0 aliphatic carbocycles. The Hall–Kier alpha value is -2.62. The molecule has 0 heterocycles. The number of hydrogen-bond donors (Lipinski definition) is 2. The minimum atomic E-state index is 0.261. The van der Waals surface area contributed by atoms with Crippen LogP contribution in [0.2, 0.25) is 0 Å². The molecule has 4 heteroatoms. The Morgan fingerprint density at radius 2 is 1.05 bits per heavy atom. The maximum atomic E-state index is 9.51. The van der Waals surface area contributed by atoms with Gasteiger partial charge in [-0.05, 0) is 49.9 Å². The normalized spacial score (nSPS) is 12.5. The molecule has 0 radical (unpaired) electrons. The molecule has 2 rings (SSSR count). The van der Waals surface area contributed by atoms with Gasteiger partial charge in [-0.1, -0.05) is 46.7 Å². The van der Waals surface area contributed by atoms with E-state index in [1.165, 1.54) is 0 Å². The molecule has 2 aromatic rings. The van der Waals surface area contributed by atoms with Crippen LogP contribution in [-0.4, -0.2) is 21.8 Å². The van der Waals surface area contributed by atoms with Gasteiger partial charge in [0, 0.05) is 11.1 Å². The van der Waals surface area contributed by atoms with E-state index in [9.17, 15) is 10.4 Å². The van der Waals surface area contributed by atoms with Gasteiger partial charge in [0.15, 0.2) is 0 Å². The summed E-state index contributed by atoms with van der Waals surface area (Å²) >= 11 is 0. The Balaban J connectivity index is 2.64. The molecule has 0 aliphatic rings. The van der Waals surface area contributed by atoms with Crippen LogP contribution >= 0.6 is 0 Å². The molecule has 0 saturated heterocycles. The van der Waals surface area contributed by atoms with Gasteiger partial charge in [0.05, 0.1) is 0 Å². The van der Waals surface area contributed by atoms with Gasteiger partial charge in [-0.15, -0.1) is 0 Å². The third-order valence-corrected chi connectivity index (χ3v) is 4.14. The van der Waals surface area contributed by atoms with Crippen LogP contribution in [0.4, 0.5) is 0 Å². The third kappa shape index (κ3) is 2.72. The maximum absolute atomic E-state index is 9.51. The molecule has 0 fully saturated rings. The fourth-order valence-electron chi connectivity index (χ4n) is 2.47. The van der Waals surface area contributed by atoms with Crippen molar-refractivity contribution in [2.24, 2.45) is 10.3 Å². The molecule has 0 bridgehead atoms. The van der Waals surface area contributed by atoms with Crippen molar-refractivity contribution >= 4 is 11.4 Å². The average Bonchev–Trinajstić information content (AvgIpc) is 2.51. The Labute approximate surface area is 130 Å². The molecule has 0 spiro atoms. The van der Waals surface area contributed by atoms with Crippen molar-refractivity contribution in [1.82, 2.24) is 0 Å². The summed E-state index contributed by atoms with van der Waals surface area (Å²) in [4.78, 5) is 0. The summed E-state index contributed by atoms with van der Waals surface area (Å²) in [7, 11) is 0. The van der Waals surface area contributed by atoms with Gasteiger partial charge in [0.2, 0.25) is 0 Å². The number of aryl methyl sites for hydroxylation is 2. The summed E-state index contributed by atoms with van der Waals surface area (Å²) in [6.07, 6.45) is 0. The molecule has 4 nitrogen and oxygen atoms in total. The quantitative estimate of drug-likeness (QED) is 0.511. The lowest BCUT2D eigenvalue weighted by molar-refractivity contribution is 0.314. The molecule has 0 atom stereocenters. The Morgan fingerprint density at radius 3 is 1.36 bits per heavy atom. The minimum Gasteiger partial charge on any atom is -0.410 e. The fourth-order valence-corrected chi connectivity index (χ4v) is 2.47. The standard InChI is InChI=1S/C18H20N2O2/c1-11-7-5-9-15(13(11)3)17(19-21)18(20-22)16-10-6-8-12(2)14(16)4/h5-10,21-22H,1-4H3. The number of rotatable bonds is 3. The minimum absolute atomic E-state index is 0.261. The van der Waals surface area contributed by atoms with Crippen LogP contribution in [0.15, 0.2) is 46.7 Å². The van der Waals surface area contributed by atoms with E-state index in [2.05, 4.69) is 10.3 Å². The molecule has 0 saturated carbocycles. The molecule has 2 N–H and O–H groups in total. The second-order valence-corrected chi connectivity index (χ2v) is 5.39. The molecule has 0 aliphatic heterocycles. The smallest absolute Gasteiger partial charge is 0.139 e. The molecule has 0 amide bonds. The van der Waals surface area contributed by atoms with Crippen molar-refractivity contribution in [1.29, 1.82) is 0 Å². The van der Waals surface area contributed by atoms with E-state index < -0.39 is 0 Å². The molecule has 0 aromatic heterocycles. The molecule has 2 aromatic carbocycles. The lowest BCUT2D eigenvalue weighted by atomic mass is 9.91. The topological polar surface area (TPSA) is 65.2 Å². The fraction of sp³-hybridized carbons (Fsp3) is 0.222. The maximum Gasteiger partial charge on any atom is 0.139 e. The number of hydrogen-bond acceptors (Lipinski definition) is 4. The predicted octanol–water partition coefficient (Wildman–Crippen LogP) is 3.98.